The zero-order chi connectivity index (χ0) is 24.5. The van der Waals surface area contributed by atoms with E-state index in [4.69, 9.17) is 14.2 Å². The van der Waals surface area contributed by atoms with E-state index in [2.05, 4.69) is 31.8 Å². The van der Waals surface area contributed by atoms with Gasteiger partial charge in [0.15, 0.2) is 11.5 Å². The highest BCUT2D eigenvalue weighted by Gasteiger charge is 2.14. The largest absolute Gasteiger partial charge is 0.497 e. The van der Waals surface area contributed by atoms with Crippen molar-refractivity contribution in [3.63, 3.8) is 0 Å². The Balaban J connectivity index is 1.61. The molecule has 0 spiro atoms. The van der Waals surface area contributed by atoms with Gasteiger partial charge in [-0.25, -0.2) is 5.43 Å². The van der Waals surface area contributed by atoms with Crippen molar-refractivity contribution in [3.05, 3.63) is 81.8 Å². The number of methoxy groups -OCH3 is 2. The van der Waals surface area contributed by atoms with Gasteiger partial charge >= 0.3 is 11.8 Å². The first-order valence-electron chi connectivity index (χ1n) is 10.2. The summed E-state index contributed by atoms with van der Waals surface area (Å²) in [5.41, 5.74) is 5.49. The molecular weight excluding hydrogens is 502 g/mol. The fourth-order valence-electron chi connectivity index (χ4n) is 2.95. The predicted octanol–water partition coefficient (Wildman–Crippen LogP) is 4.44. The van der Waals surface area contributed by atoms with Gasteiger partial charge in [0.05, 0.1) is 24.9 Å². The summed E-state index contributed by atoms with van der Waals surface area (Å²) in [6.07, 6.45) is 1.40. The van der Waals surface area contributed by atoms with Gasteiger partial charge in [-0.1, -0.05) is 24.3 Å². The van der Waals surface area contributed by atoms with Crippen molar-refractivity contribution in [1.29, 1.82) is 0 Å². The number of hydrogen-bond acceptors (Lipinski definition) is 6. The molecule has 0 bridgehead atoms. The van der Waals surface area contributed by atoms with Crippen LogP contribution in [0.1, 0.15) is 16.7 Å². The molecule has 0 unspecified atom stereocenters. The molecule has 9 heteroatoms. The molecule has 0 saturated heterocycles. The number of anilines is 1. The van der Waals surface area contributed by atoms with Crippen LogP contribution in [-0.4, -0.2) is 32.2 Å². The number of amides is 2. The van der Waals surface area contributed by atoms with Gasteiger partial charge in [-0.2, -0.15) is 5.10 Å². The zero-order valence-corrected chi connectivity index (χ0v) is 20.5. The van der Waals surface area contributed by atoms with Crippen LogP contribution in [0.5, 0.6) is 17.2 Å². The Morgan fingerprint density at radius 1 is 1.00 bits per heavy atom. The van der Waals surface area contributed by atoms with Gasteiger partial charge in [-0.05, 0) is 75.9 Å². The highest BCUT2D eigenvalue weighted by atomic mass is 79.9. The van der Waals surface area contributed by atoms with Gasteiger partial charge in [-0.3, -0.25) is 9.59 Å². The molecule has 0 fully saturated rings. The van der Waals surface area contributed by atoms with Gasteiger partial charge in [0, 0.05) is 5.69 Å². The number of rotatable bonds is 8. The van der Waals surface area contributed by atoms with Crippen LogP contribution in [0.25, 0.3) is 0 Å². The summed E-state index contributed by atoms with van der Waals surface area (Å²) in [5.74, 6) is -0.0728. The van der Waals surface area contributed by atoms with Crippen molar-refractivity contribution in [2.45, 2.75) is 13.5 Å². The van der Waals surface area contributed by atoms with Crippen LogP contribution in [0.4, 0.5) is 5.69 Å². The molecule has 34 heavy (non-hydrogen) atoms. The topological polar surface area (TPSA) is 98.2 Å². The Labute approximate surface area is 206 Å². The lowest BCUT2D eigenvalue weighted by Gasteiger charge is -2.14. The lowest BCUT2D eigenvalue weighted by molar-refractivity contribution is -0.136. The van der Waals surface area contributed by atoms with E-state index in [-0.39, 0.29) is 0 Å². The molecule has 2 N–H and O–H groups in total. The Morgan fingerprint density at radius 2 is 1.74 bits per heavy atom. The average Bonchev–Trinajstić information content (AvgIpc) is 2.84. The summed E-state index contributed by atoms with van der Waals surface area (Å²) in [7, 11) is 3.08. The number of hydrogen-bond donors (Lipinski definition) is 2. The van der Waals surface area contributed by atoms with Gasteiger partial charge in [-0.15, -0.1) is 0 Å². The molecule has 0 aliphatic rings. The van der Waals surface area contributed by atoms with Crippen LogP contribution >= 0.6 is 15.9 Å². The number of benzene rings is 3. The molecular formula is C25H24BrN3O5. The molecule has 0 aromatic heterocycles. The number of halogens is 1. The maximum Gasteiger partial charge on any atom is 0.329 e. The number of aryl methyl sites for hydroxylation is 1. The molecule has 2 amide bonds. The Bertz CT molecular complexity index is 1200. The fourth-order valence-corrected chi connectivity index (χ4v) is 3.53. The second-order valence-corrected chi connectivity index (χ2v) is 7.99. The van der Waals surface area contributed by atoms with E-state index in [1.165, 1.54) is 13.3 Å². The molecule has 3 aromatic rings. The Hall–Kier alpha value is -3.85. The van der Waals surface area contributed by atoms with Crippen LogP contribution in [0.2, 0.25) is 0 Å². The van der Waals surface area contributed by atoms with Crippen LogP contribution in [-0.2, 0) is 16.2 Å². The number of hydrazone groups is 1. The summed E-state index contributed by atoms with van der Waals surface area (Å²) in [6.45, 7) is 2.41. The summed E-state index contributed by atoms with van der Waals surface area (Å²) < 4.78 is 17.2. The molecule has 3 aromatic carbocycles. The van der Waals surface area contributed by atoms with Crippen LogP contribution < -0.4 is 25.0 Å². The number of carbonyl (C=O) groups is 2. The van der Waals surface area contributed by atoms with Crippen molar-refractivity contribution in [1.82, 2.24) is 5.43 Å². The van der Waals surface area contributed by atoms with Gasteiger partial charge in [0.2, 0.25) is 0 Å². The molecule has 176 valence electrons. The van der Waals surface area contributed by atoms with E-state index in [0.717, 1.165) is 11.1 Å². The number of nitrogens with one attached hydrogen (secondary N) is 2. The van der Waals surface area contributed by atoms with Crippen molar-refractivity contribution >= 4 is 39.6 Å². The smallest absolute Gasteiger partial charge is 0.329 e. The summed E-state index contributed by atoms with van der Waals surface area (Å²) in [6, 6.07) is 18.0. The van der Waals surface area contributed by atoms with Crippen LogP contribution in [0.3, 0.4) is 0 Å². The molecule has 0 saturated carbocycles. The van der Waals surface area contributed by atoms with E-state index in [1.54, 1.807) is 43.5 Å². The maximum atomic E-state index is 12.0. The lowest BCUT2D eigenvalue weighted by Crippen LogP contribution is -2.32. The second kappa shape index (κ2) is 11.9. The molecule has 0 heterocycles. The van der Waals surface area contributed by atoms with Crippen LogP contribution in [0.15, 0.2) is 70.2 Å². The minimum atomic E-state index is -0.906. The molecule has 8 nitrogen and oxygen atoms in total. The number of carbonyl (C=O) groups excluding carboxylic acids is 2. The normalized spacial score (nSPS) is 10.6. The van der Waals surface area contributed by atoms with Gasteiger partial charge in [0.25, 0.3) is 0 Å². The van der Waals surface area contributed by atoms with Crippen molar-refractivity contribution < 1.29 is 23.8 Å². The third kappa shape index (κ3) is 6.58. The first-order valence-corrected chi connectivity index (χ1v) is 11.0. The number of nitrogens with zero attached hydrogens (tertiary/aromatic N) is 1. The quantitative estimate of drug-likeness (QED) is 0.257. The first-order chi connectivity index (χ1) is 16.4. The summed E-state index contributed by atoms with van der Waals surface area (Å²) >= 11 is 3.50. The van der Waals surface area contributed by atoms with E-state index < -0.39 is 11.8 Å². The third-order valence-electron chi connectivity index (χ3n) is 4.82. The minimum Gasteiger partial charge on any atom is -0.497 e. The molecule has 3 rings (SSSR count). The average molecular weight is 526 g/mol. The maximum absolute atomic E-state index is 12.0. The summed E-state index contributed by atoms with van der Waals surface area (Å²) in [5, 5.41) is 6.34. The van der Waals surface area contributed by atoms with E-state index in [0.29, 0.717) is 39.6 Å². The number of ether oxygens (including phenoxy) is 3. The van der Waals surface area contributed by atoms with Gasteiger partial charge < -0.3 is 19.5 Å². The monoisotopic (exact) mass is 525 g/mol. The molecule has 0 atom stereocenters. The Morgan fingerprint density at radius 3 is 2.41 bits per heavy atom. The third-order valence-corrected chi connectivity index (χ3v) is 5.41. The SMILES string of the molecule is COc1ccc(NC(=O)C(=O)N/N=C/c2cc(Br)c(OCc3ccccc3C)c(OC)c2)cc1. The van der Waals surface area contributed by atoms with Crippen molar-refractivity contribution in [3.8, 4) is 17.2 Å². The summed E-state index contributed by atoms with van der Waals surface area (Å²) in [4.78, 5) is 24.1. The standard InChI is InChI=1S/C25H24BrN3O5/c1-16-6-4-5-7-18(16)15-34-23-21(26)12-17(13-22(23)33-3)14-27-29-25(31)24(30)28-19-8-10-20(32-2)11-9-19/h4-14H,15H2,1-3H3,(H,28,30)(H,29,31)/b27-14+. The van der Waals surface area contributed by atoms with Gasteiger partial charge in [0.1, 0.15) is 12.4 Å². The highest BCUT2D eigenvalue weighted by molar-refractivity contribution is 9.10. The molecule has 0 aliphatic heterocycles. The highest BCUT2D eigenvalue weighted by Crippen LogP contribution is 2.37. The van der Waals surface area contributed by atoms with E-state index in [9.17, 15) is 9.59 Å². The minimum absolute atomic E-state index is 0.383. The van der Waals surface area contributed by atoms with E-state index in [1.807, 2.05) is 31.2 Å². The fraction of sp³-hybridized carbons (Fsp3) is 0.160. The molecule has 0 radical (unpaired) electrons. The second-order valence-electron chi connectivity index (χ2n) is 7.13. The van der Waals surface area contributed by atoms with Crippen molar-refractivity contribution in [2.24, 2.45) is 5.10 Å². The molecule has 0 aliphatic carbocycles. The Kier molecular flexibility index (Phi) is 8.64. The lowest BCUT2D eigenvalue weighted by atomic mass is 10.1. The van der Waals surface area contributed by atoms with E-state index >= 15 is 0 Å². The first kappa shape index (κ1) is 24.8. The van der Waals surface area contributed by atoms with Crippen molar-refractivity contribution in [2.75, 3.05) is 19.5 Å². The van der Waals surface area contributed by atoms with Crippen LogP contribution in [0, 0.1) is 6.92 Å². The predicted molar refractivity (Wildman–Crippen MR) is 134 cm³/mol. The zero-order valence-electron chi connectivity index (χ0n) is 18.9.